The van der Waals surface area contributed by atoms with Crippen LogP contribution in [-0.2, 0) is 26.5 Å². The van der Waals surface area contributed by atoms with Gasteiger partial charge in [0.05, 0.1) is 27.5 Å². The van der Waals surface area contributed by atoms with Gasteiger partial charge in [0.1, 0.15) is 25.2 Å². The molecule has 11 aromatic rings. The van der Waals surface area contributed by atoms with Crippen LogP contribution in [0.2, 0.25) is 13.1 Å². The number of aromatic nitrogens is 6. The first-order valence-corrected chi connectivity index (χ1v) is 21.8. The summed E-state index contributed by atoms with van der Waals surface area (Å²) in [5, 5.41) is 4.11. The van der Waals surface area contributed by atoms with Gasteiger partial charge in [0.2, 0.25) is 0 Å². The van der Waals surface area contributed by atoms with E-state index < -0.39 is 8.07 Å². The van der Waals surface area contributed by atoms with Gasteiger partial charge in [-0.3, -0.25) is 9.97 Å². The Balaban J connectivity index is 0.00000363. The molecular formula is C47H34N6OPtSi. The molecule has 1 aliphatic rings. The molecule has 1 aliphatic heterocycles. The van der Waals surface area contributed by atoms with E-state index in [4.69, 9.17) is 14.4 Å². The van der Waals surface area contributed by atoms with Crippen molar-refractivity contribution < 1.29 is 25.5 Å². The Labute approximate surface area is 337 Å². The summed E-state index contributed by atoms with van der Waals surface area (Å²) >= 11 is 0. The van der Waals surface area contributed by atoms with Crippen LogP contribution in [0.15, 0.2) is 132 Å². The first-order chi connectivity index (χ1) is 26.8. The third-order valence-corrected chi connectivity index (χ3v) is 15.2. The molecule has 0 amide bonds. The first-order valence-electron chi connectivity index (χ1n) is 18.8. The van der Waals surface area contributed by atoms with E-state index in [1.165, 1.54) is 16.3 Å². The fourth-order valence-corrected chi connectivity index (χ4v) is 11.6. The SMILES string of the molecule is CC1(C)c2ccccc2C=[C-]n2c3c1cccc3n1c3cccc([Si](C)(C)c4[c-]n5c6c(cccc6n6c7ccccc7nc56)c5ccccc5o4)c3nc21.[Pt+2]. The van der Waals surface area contributed by atoms with Crippen molar-refractivity contribution in [3.05, 3.63) is 156 Å². The number of hydrogen-bond donors (Lipinski definition) is 0. The molecule has 0 bridgehead atoms. The maximum Gasteiger partial charge on any atom is 2.00 e. The van der Waals surface area contributed by atoms with E-state index in [1.54, 1.807) is 0 Å². The molecule has 5 aromatic heterocycles. The molecule has 6 aromatic carbocycles. The van der Waals surface area contributed by atoms with Crippen molar-refractivity contribution in [1.29, 1.82) is 0 Å². The molecule has 0 unspecified atom stereocenters. The normalized spacial score (nSPS) is 14.0. The molecule has 272 valence electrons. The van der Waals surface area contributed by atoms with Crippen LogP contribution in [0.5, 0.6) is 0 Å². The molecule has 6 heterocycles. The van der Waals surface area contributed by atoms with Crippen molar-refractivity contribution in [2.24, 2.45) is 0 Å². The Hall–Kier alpha value is -5.95. The zero-order valence-corrected chi connectivity index (χ0v) is 34.4. The second-order valence-electron chi connectivity index (χ2n) is 15.8. The average molecular weight is 922 g/mol. The summed E-state index contributed by atoms with van der Waals surface area (Å²) in [6.45, 7) is 9.33. The summed E-state index contributed by atoms with van der Waals surface area (Å²) in [5.41, 5.74) is 12.7. The van der Waals surface area contributed by atoms with Crippen LogP contribution < -0.4 is 10.6 Å². The van der Waals surface area contributed by atoms with E-state index in [0.29, 0.717) is 0 Å². The van der Waals surface area contributed by atoms with Gasteiger partial charge in [-0.15, -0.1) is 6.08 Å². The molecule has 0 saturated heterocycles. The van der Waals surface area contributed by atoms with Crippen molar-refractivity contribution >= 4 is 96.8 Å². The quantitative estimate of drug-likeness (QED) is 0.128. The van der Waals surface area contributed by atoms with Crippen LogP contribution in [-0.4, -0.2) is 35.8 Å². The third kappa shape index (κ3) is 4.26. The summed E-state index contributed by atoms with van der Waals surface area (Å²) in [4.78, 5) is 10.7. The van der Waals surface area contributed by atoms with Crippen molar-refractivity contribution in [3.63, 3.8) is 0 Å². The fraction of sp³-hybridized carbons (Fsp3) is 0.106. The van der Waals surface area contributed by atoms with E-state index in [9.17, 15) is 0 Å². The van der Waals surface area contributed by atoms with Crippen molar-refractivity contribution in [1.82, 2.24) is 27.7 Å². The molecule has 0 saturated carbocycles. The summed E-state index contributed by atoms with van der Waals surface area (Å²) < 4.78 is 16.0. The van der Waals surface area contributed by atoms with Crippen molar-refractivity contribution in [3.8, 4) is 0 Å². The monoisotopic (exact) mass is 921 g/mol. The maximum absolute atomic E-state index is 7.12. The molecule has 0 spiro atoms. The predicted octanol–water partition coefficient (Wildman–Crippen LogP) is 9.54. The minimum absolute atomic E-state index is 0. The average Bonchev–Trinajstić information content (AvgIpc) is 3.93. The number of rotatable bonds is 2. The number of fused-ring (bicyclic) bond motifs is 13. The van der Waals surface area contributed by atoms with Crippen LogP contribution in [0.4, 0.5) is 0 Å². The van der Waals surface area contributed by atoms with Crippen LogP contribution in [0, 0.1) is 12.4 Å². The Morgan fingerprint density at radius 2 is 1.29 bits per heavy atom. The number of benzene rings is 6. The smallest absolute Gasteiger partial charge is 0.477 e. The van der Waals surface area contributed by atoms with Crippen LogP contribution >= 0.6 is 0 Å². The standard InChI is InChI=1S/C47H34N6OSi.Pt/c1-47(2)32-17-7-5-14-29(32)26-27-50-44-33(47)18-12-23-38(44)53-36-21-13-25-40(42(36)49-46(50)53)55(3,4)41-28-51-43-31(30-15-6-10-24-39(30)54-41)16-11-22-37(43)52-35-20-9-8-19-34(35)48-45(51)52;/h5-26H,1-4H3;/q-2;+2. The van der Waals surface area contributed by atoms with Crippen LogP contribution in [0.3, 0.4) is 0 Å². The zero-order valence-electron chi connectivity index (χ0n) is 31.1. The topological polar surface area (TPSA) is 57.1 Å². The molecule has 0 radical (unpaired) electrons. The Morgan fingerprint density at radius 3 is 2.18 bits per heavy atom. The maximum atomic E-state index is 7.12. The summed E-state index contributed by atoms with van der Waals surface area (Å²) in [7, 11) is -2.71. The van der Waals surface area contributed by atoms with Gasteiger partial charge in [0.25, 0.3) is 0 Å². The number of nitrogens with zero attached hydrogens (tertiary/aromatic N) is 6. The fourth-order valence-electron chi connectivity index (χ4n) is 9.30. The van der Waals surface area contributed by atoms with E-state index in [1.807, 2.05) is 12.1 Å². The summed E-state index contributed by atoms with van der Waals surface area (Å²) in [6.07, 6.45) is 9.63. The minimum Gasteiger partial charge on any atom is -0.477 e. The van der Waals surface area contributed by atoms with Gasteiger partial charge in [-0.05, 0) is 58.0 Å². The molecule has 9 heteroatoms. The molecular weight excluding hydrogens is 888 g/mol. The van der Waals surface area contributed by atoms with Crippen LogP contribution in [0.25, 0.3) is 78.1 Å². The molecule has 12 rings (SSSR count). The number of imidazole rings is 4. The van der Waals surface area contributed by atoms with E-state index in [0.717, 1.165) is 83.0 Å². The first kappa shape index (κ1) is 33.4. The number of para-hydroxylation sites is 6. The van der Waals surface area contributed by atoms with E-state index in [-0.39, 0.29) is 26.5 Å². The molecule has 0 N–H and O–H groups in total. The van der Waals surface area contributed by atoms with E-state index in [2.05, 4.69) is 178 Å². The molecule has 0 atom stereocenters. The molecule has 0 fully saturated rings. The zero-order chi connectivity index (χ0) is 36.8. The van der Waals surface area contributed by atoms with Gasteiger partial charge in [-0.1, -0.05) is 147 Å². The molecule has 56 heavy (non-hydrogen) atoms. The Morgan fingerprint density at radius 1 is 0.625 bits per heavy atom. The predicted molar refractivity (Wildman–Crippen MR) is 225 cm³/mol. The van der Waals surface area contributed by atoms with Crippen LogP contribution in [0.1, 0.15) is 30.5 Å². The second kappa shape index (κ2) is 11.5. The van der Waals surface area contributed by atoms with Crippen molar-refractivity contribution in [2.75, 3.05) is 0 Å². The van der Waals surface area contributed by atoms with E-state index >= 15 is 0 Å². The summed E-state index contributed by atoms with van der Waals surface area (Å²) in [5.74, 6) is 1.65. The van der Waals surface area contributed by atoms with Gasteiger partial charge in [-0.2, -0.15) is 0 Å². The third-order valence-electron chi connectivity index (χ3n) is 12.1. The van der Waals surface area contributed by atoms with Crippen molar-refractivity contribution in [2.45, 2.75) is 32.4 Å². The Bertz CT molecular complexity index is 3520. The van der Waals surface area contributed by atoms with Gasteiger partial charge < -0.3 is 22.2 Å². The van der Waals surface area contributed by atoms with Gasteiger partial charge in [0, 0.05) is 21.8 Å². The molecule has 7 nitrogen and oxygen atoms in total. The Kier molecular flexibility index (Phi) is 6.88. The largest absolute Gasteiger partial charge is 2.00 e. The van der Waals surface area contributed by atoms with Gasteiger partial charge in [0.15, 0.2) is 0 Å². The van der Waals surface area contributed by atoms with Gasteiger partial charge >= 0.3 is 21.1 Å². The van der Waals surface area contributed by atoms with Gasteiger partial charge in [-0.25, -0.2) is 0 Å². The number of hydrogen-bond acceptors (Lipinski definition) is 3. The summed E-state index contributed by atoms with van der Waals surface area (Å²) in [6, 6.07) is 45.1. The molecule has 0 aliphatic carbocycles. The minimum atomic E-state index is -2.71. The second-order valence-corrected chi connectivity index (χ2v) is 20.1.